The summed E-state index contributed by atoms with van der Waals surface area (Å²) < 4.78 is 0. The van der Waals surface area contributed by atoms with E-state index in [4.69, 9.17) is 5.11 Å². The molecule has 1 saturated heterocycles. The van der Waals surface area contributed by atoms with Gasteiger partial charge in [-0.25, -0.2) is 4.79 Å². The van der Waals surface area contributed by atoms with Gasteiger partial charge in [-0.15, -0.1) is 0 Å². The summed E-state index contributed by atoms with van der Waals surface area (Å²) >= 11 is 0. The molecule has 2 N–H and O–H groups in total. The van der Waals surface area contributed by atoms with Crippen LogP contribution >= 0.6 is 0 Å². The van der Waals surface area contributed by atoms with Gasteiger partial charge in [-0.05, 0) is 18.4 Å². The predicted molar refractivity (Wildman–Crippen MR) is 63.9 cm³/mol. The Morgan fingerprint density at radius 1 is 1.41 bits per heavy atom. The molecule has 0 aliphatic carbocycles. The van der Waals surface area contributed by atoms with Gasteiger partial charge in [-0.3, -0.25) is 0 Å². The molecule has 1 fully saturated rings. The SMILES string of the molecule is O=C(O)N1CCC[C@H]1C(O)Cc1ccccc1. The van der Waals surface area contributed by atoms with E-state index >= 15 is 0 Å². The molecule has 4 heteroatoms. The average Bonchev–Trinajstić information content (AvgIpc) is 2.79. The first-order chi connectivity index (χ1) is 8.18. The molecule has 0 spiro atoms. The first-order valence-corrected chi connectivity index (χ1v) is 5.90. The topological polar surface area (TPSA) is 60.8 Å². The molecule has 1 aliphatic rings. The second-order valence-corrected chi connectivity index (χ2v) is 4.44. The summed E-state index contributed by atoms with van der Waals surface area (Å²) in [5, 5.41) is 19.1. The summed E-state index contributed by atoms with van der Waals surface area (Å²) in [5.41, 5.74) is 1.04. The lowest BCUT2D eigenvalue weighted by Gasteiger charge is -2.26. The van der Waals surface area contributed by atoms with Gasteiger partial charge < -0.3 is 15.1 Å². The Morgan fingerprint density at radius 2 is 2.12 bits per heavy atom. The van der Waals surface area contributed by atoms with Crippen molar-refractivity contribution in [2.45, 2.75) is 31.4 Å². The van der Waals surface area contributed by atoms with Gasteiger partial charge in [0.25, 0.3) is 0 Å². The van der Waals surface area contributed by atoms with E-state index in [-0.39, 0.29) is 6.04 Å². The Labute approximate surface area is 100 Å². The lowest BCUT2D eigenvalue weighted by molar-refractivity contribution is 0.0681. The number of amides is 1. The first-order valence-electron chi connectivity index (χ1n) is 5.90. The predicted octanol–water partition coefficient (Wildman–Crippen LogP) is 1.73. The number of hydrogen-bond acceptors (Lipinski definition) is 2. The highest BCUT2D eigenvalue weighted by Crippen LogP contribution is 2.22. The van der Waals surface area contributed by atoms with Crippen LogP contribution in [0.5, 0.6) is 0 Å². The largest absolute Gasteiger partial charge is 0.465 e. The van der Waals surface area contributed by atoms with Crippen LogP contribution in [0.2, 0.25) is 0 Å². The van der Waals surface area contributed by atoms with E-state index in [2.05, 4.69) is 0 Å². The minimum absolute atomic E-state index is 0.257. The molecule has 1 amide bonds. The number of carboxylic acid groups (broad SMARTS) is 1. The maximum absolute atomic E-state index is 11.0. The van der Waals surface area contributed by atoms with E-state index in [1.807, 2.05) is 30.3 Å². The van der Waals surface area contributed by atoms with Crippen molar-refractivity contribution in [2.75, 3.05) is 6.54 Å². The van der Waals surface area contributed by atoms with E-state index in [1.54, 1.807) is 0 Å². The first kappa shape index (κ1) is 11.9. The number of aliphatic hydroxyl groups is 1. The summed E-state index contributed by atoms with van der Waals surface area (Å²) in [4.78, 5) is 12.3. The molecule has 92 valence electrons. The van der Waals surface area contributed by atoms with Crippen molar-refractivity contribution in [1.82, 2.24) is 4.90 Å². The molecule has 1 heterocycles. The van der Waals surface area contributed by atoms with E-state index in [0.717, 1.165) is 18.4 Å². The third-order valence-electron chi connectivity index (χ3n) is 3.28. The fourth-order valence-electron chi connectivity index (χ4n) is 2.42. The maximum atomic E-state index is 11.0. The fraction of sp³-hybridized carbons (Fsp3) is 0.462. The second kappa shape index (κ2) is 5.19. The standard InChI is InChI=1S/C13H17NO3/c15-12(9-10-5-2-1-3-6-10)11-7-4-8-14(11)13(16)17/h1-3,5-6,11-12,15H,4,7-9H2,(H,16,17)/t11-,12?/m0/s1. The van der Waals surface area contributed by atoms with Gasteiger partial charge in [0.05, 0.1) is 12.1 Å². The van der Waals surface area contributed by atoms with Crippen LogP contribution in [0.4, 0.5) is 4.79 Å². The van der Waals surface area contributed by atoms with Crippen molar-refractivity contribution in [3.63, 3.8) is 0 Å². The van der Waals surface area contributed by atoms with Crippen LogP contribution in [-0.4, -0.2) is 39.9 Å². The van der Waals surface area contributed by atoms with Gasteiger partial charge in [0.2, 0.25) is 0 Å². The molecule has 1 aromatic rings. The number of rotatable bonds is 3. The quantitative estimate of drug-likeness (QED) is 0.838. The third-order valence-corrected chi connectivity index (χ3v) is 3.28. The van der Waals surface area contributed by atoms with E-state index in [1.165, 1.54) is 4.90 Å². The molecule has 0 aromatic heterocycles. The van der Waals surface area contributed by atoms with E-state index in [9.17, 15) is 9.90 Å². The Kier molecular flexibility index (Phi) is 3.64. The summed E-state index contributed by atoms with van der Waals surface area (Å²) in [6.45, 7) is 0.534. The summed E-state index contributed by atoms with van der Waals surface area (Å²) in [6.07, 6.45) is 0.550. The molecule has 1 unspecified atom stereocenters. The Balaban J connectivity index is 2.00. The number of likely N-dealkylation sites (tertiary alicyclic amines) is 1. The van der Waals surface area contributed by atoms with E-state index < -0.39 is 12.2 Å². The van der Waals surface area contributed by atoms with Crippen LogP contribution in [0.3, 0.4) is 0 Å². The zero-order chi connectivity index (χ0) is 12.3. The second-order valence-electron chi connectivity index (χ2n) is 4.44. The minimum Gasteiger partial charge on any atom is -0.465 e. The lowest BCUT2D eigenvalue weighted by atomic mass is 10.0. The molecular formula is C13H17NO3. The molecule has 0 radical (unpaired) electrons. The van der Waals surface area contributed by atoms with Crippen LogP contribution in [-0.2, 0) is 6.42 Å². The van der Waals surface area contributed by atoms with Gasteiger partial charge in [0.1, 0.15) is 0 Å². The van der Waals surface area contributed by atoms with Crippen LogP contribution in [0, 0.1) is 0 Å². The molecule has 1 aromatic carbocycles. The number of carbonyl (C=O) groups is 1. The van der Waals surface area contributed by atoms with Crippen molar-refractivity contribution in [3.05, 3.63) is 35.9 Å². The molecule has 2 atom stereocenters. The molecule has 17 heavy (non-hydrogen) atoms. The highest BCUT2D eigenvalue weighted by atomic mass is 16.4. The zero-order valence-electron chi connectivity index (χ0n) is 9.62. The molecule has 0 bridgehead atoms. The number of benzene rings is 1. The molecule has 2 rings (SSSR count). The monoisotopic (exact) mass is 235 g/mol. The van der Waals surface area contributed by atoms with Gasteiger partial charge in [0, 0.05) is 13.0 Å². The van der Waals surface area contributed by atoms with Crippen molar-refractivity contribution in [1.29, 1.82) is 0 Å². The van der Waals surface area contributed by atoms with E-state index in [0.29, 0.717) is 13.0 Å². The lowest BCUT2D eigenvalue weighted by Crippen LogP contribution is -2.42. The summed E-state index contributed by atoms with van der Waals surface area (Å²) in [6, 6.07) is 9.41. The van der Waals surface area contributed by atoms with Crippen LogP contribution in [0.1, 0.15) is 18.4 Å². The number of aliphatic hydroxyl groups excluding tert-OH is 1. The molecular weight excluding hydrogens is 218 g/mol. The highest BCUT2D eigenvalue weighted by molar-refractivity contribution is 5.65. The molecule has 0 saturated carbocycles. The van der Waals surface area contributed by atoms with Gasteiger partial charge >= 0.3 is 6.09 Å². The van der Waals surface area contributed by atoms with Crippen LogP contribution in [0.25, 0.3) is 0 Å². The van der Waals surface area contributed by atoms with Crippen molar-refractivity contribution in [3.8, 4) is 0 Å². The van der Waals surface area contributed by atoms with Crippen molar-refractivity contribution >= 4 is 6.09 Å². The minimum atomic E-state index is -0.931. The molecule has 4 nitrogen and oxygen atoms in total. The number of nitrogens with zero attached hydrogens (tertiary/aromatic N) is 1. The van der Waals surface area contributed by atoms with Gasteiger partial charge in [-0.1, -0.05) is 30.3 Å². The molecule has 1 aliphatic heterocycles. The van der Waals surface area contributed by atoms with Crippen LogP contribution in [0.15, 0.2) is 30.3 Å². The third kappa shape index (κ3) is 2.77. The zero-order valence-corrected chi connectivity index (χ0v) is 9.62. The summed E-state index contributed by atoms with van der Waals surface area (Å²) in [5.74, 6) is 0. The fourth-order valence-corrected chi connectivity index (χ4v) is 2.42. The van der Waals surface area contributed by atoms with Crippen molar-refractivity contribution < 1.29 is 15.0 Å². The summed E-state index contributed by atoms with van der Waals surface area (Å²) in [7, 11) is 0. The average molecular weight is 235 g/mol. The Bertz CT molecular complexity index is 380. The Morgan fingerprint density at radius 3 is 2.76 bits per heavy atom. The Hall–Kier alpha value is -1.55. The van der Waals surface area contributed by atoms with Gasteiger partial charge in [0.15, 0.2) is 0 Å². The van der Waals surface area contributed by atoms with Crippen molar-refractivity contribution in [2.24, 2.45) is 0 Å². The smallest absolute Gasteiger partial charge is 0.407 e. The van der Waals surface area contributed by atoms with Gasteiger partial charge in [-0.2, -0.15) is 0 Å². The number of hydrogen-bond donors (Lipinski definition) is 2. The maximum Gasteiger partial charge on any atom is 0.407 e. The highest BCUT2D eigenvalue weighted by Gasteiger charge is 2.33. The normalized spacial score (nSPS) is 21.5. The van der Waals surface area contributed by atoms with Crippen LogP contribution < -0.4 is 0 Å².